The maximum Gasteiger partial charge on any atom is 0.301 e. The fourth-order valence-electron chi connectivity index (χ4n) is 1.04. The molecular weight excluding hydrogens is 317 g/mol. The van der Waals surface area contributed by atoms with Gasteiger partial charge in [0.2, 0.25) is 14.2 Å². The normalized spacial score (nSPS) is 11.8. The van der Waals surface area contributed by atoms with Crippen molar-refractivity contribution in [2.75, 3.05) is 12.4 Å². The Balaban J connectivity index is 2.76. The number of aromatic nitrogens is 1. The molecule has 20 heavy (non-hydrogen) atoms. The van der Waals surface area contributed by atoms with Crippen molar-refractivity contribution in [1.82, 2.24) is 4.98 Å². The zero-order valence-corrected chi connectivity index (χ0v) is 12.0. The Kier molecular flexibility index (Phi) is 6.14. The molecule has 0 spiro atoms. The quantitative estimate of drug-likeness (QED) is 0.570. The molecule has 0 saturated heterocycles. The minimum absolute atomic E-state index is 0.259. The van der Waals surface area contributed by atoms with Crippen molar-refractivity contribution >= 4 is 27.4 Å². The number of sulfone groups is 1. The predicted molar refractivity (Wildman–Crippen MR) is 68.4 cm³/mol. The molecule has 0 N–H and O–H groups in total. The highest BCUT2D eigenvalue weighted by Crippen LogP contribution is 2.20. The van der Waals surface area contributed by atoms with Gasteiger partial charge in [-0.25, -0.2) is 17.8 Å². The summed E-state index contributed by atoms with van der Waals surface area (Å²) in [5, 5.41) is 4.92. The van der Waals surface area contributed by atoms with E-state index in [-0.39, 0.29) is 10.0 Å². The largest absolute Gasteiger partial charge is 0.396 e. The lowest BCUT2D eigenvalue weighted by atomic mass is 10.4. The van der Waals surface area contributed by atoms with E-state index in [2.05, 4.69) is 15.0 Å². The third-order valence-electron chi connectivity index (χ3n) is 1.95. The maximum atomic E-state index is 12.6. The van der Waals surface area contributed by atoms with E-state index in [4.69, 9.17) is 0 Å². The van der Waals surface area contributed by atoms with E-state index in [9.17, 15) is 21.6 Å². The number of allylic oxidation sites excluding steroid dienone is 1. The maximum absolute atomic E-state index is 12.6. The van der Waals surface area contributed by atoms with Crippen molar-refractivity contribution in [2.24, 2.45) is 5.16 Å². The van der Waals surface area contributed by atoms with Crippen LogP contribution in [0, 0.1) is 0 Å². The second kappa shape index (κ2) is 7.39. The molecule has 10 heteroatoms. The molecule has 0 saturated carbocycles. The molecule has 0 bridgehead atoms. The van der Waals surface area contributed by atoms with Crippen molar-refractivity contribution in [3.05, 3.63) is 23.0 Å². The summed E-state index contributed by atoms with van der Waals surface area (Å²) in [7, 11) is -3.90. The van der Waals surface area contributed by atoms with Gasteiger partial charge in [0, 0.05) is 11.8 Å². The first-order valence-corrected chi connectivity index (χ1v) is 7.93. The Morgan fingerprint density at radius 2 is 2.20 bits per heavy atom. The van der Waals surface area contributed by atoms with Gasteiger partial charge in [0.05, 0.1) is 17.7 Å². The first-order valence-electron chi connectivity index (χ1n) is 5.40. The topological polar surface area (TPSA) is 68.6 Å². The predicted octanol–water partition coefficient (Wildman–Crippen LogP) is 2.75. The monoisotopic (exact) mass is 328 g/mol. The summed E-state index contributed by atoms with van der Waals surface area (Å²) in [6.07, 6.45) is -2.17. The first kappa shape index (κ1) is 16.6. The van der Waals surface area contributed by atoms with Gasteiger partial charge in [-0.2, -0.15) is 8.78 Å². The van der Waals surface area contributed by atoms with Crippen molar-refractivity contribution in [3.8, 4) is 0 Å². The van der Waals surface area contributed by atoms with Crippen LogP contribution in [0.3, 0.4) is 0 Å². The summed E-state index contributed by atoms with van der Waals surface area (Å²) in [4.78, 5) is 8.44. The van der Waals surface area contributed by atoms with Crippen LogP contribution in [0.15, 0.2) is 26.8 Å². The van der Waals surface area contributed by atoms with Crippen LogP contribution in [-0.2, 0) is 14.7 Å². The third-order valence-corrected chi connectivity index (χ3v) is 5.02. The molecule has 1 heterocycles. The first-order chi connectivity index (χ1) is 9.36. The Hall–Kier alpha value is -1.42. The highest BCUT2D eigenvalue weighted by Gasteiger charge is 2.20. The number of oxime groups is 1. The number of hydrogen-bond donors (Lipinski definition) is 0. The van der Waals surface area contributed by atoms with E-state index >= 15 is 0 Å². The summed E-state index contributed by atoms with van der Waals surface area (Å²) >= 11 is 0.803. The van der Waals surface area contributed by atoms with E-state index in [0.29, 0.717) is 6.61 Å². The molecule has 0 fully saturated rings. The second-order valence-electron chi connectivity index (χ2n) is 3.42. The molecule has 1 rings (SSSR count). The number of hydrogen-bond acceptors (Lipinski definition) is 6. The molecule has 0 atom stereocenters. The molecule has 0 aromatic carbocycles. The zero-order valence-electron chi connectivity index (χ0n) is 10.3. The van der Waals surface area contributed by atoms with Gasteiger partial charge in [0.15, 0.2) is 5.83 Å². The van der Waals surface area contributed by atoms with Gasteiger partial charge in [0.1, 0.15) is 6.61 Å². The van der Waals surface area contributed by atoms with Crippen LogP contribution in [0.5, 0.6) is 0 Å². The van der Waals surface area contributed by atoms with Gasteiger partial charge < -0.3 is 4.84 Å². The Bertz CT molecular complexity index is 607. The van der Waals surface area contributed by atoms with Gasteiger partial charge in [-0.1, -0.05) is 5.16 Å². The molecule has 0 aliphatic rings. The van der Waals surface area contributed by atoms with Crippen molar-refractivity contribution < 1.29 is 26.4 Å². The molecule has 1 aromatic rings. The fourth-order valence-corrected chi connectivity index (χ4v) is 3.38. The summed E-state index contributed by atoms with van der Waals surface area (Å²) < 4.78 is 59.5. The number of thiazole rings is 1. The lowest BCUT2D eigenvalue weighted by molar-refractivity contribution is 0.160. The lowest BCUT2D eigenvalue weighted by Crippen LogP contribution is -2.07. The average molecular weight is 328 g/mol. The van der Waals surface area contributed by atoms with Gasteiger partial charge in [-0.15, -0.1) is 11.3 Å². The molecule has 0 radical (unpaired) electrons. The van der Waals surface area contributed by atoms with Crippen molar-refractivity contribution in [1.29, 1.82) is 0 Å². The lowest BCUT2D eigenvalue weighted by Gasteiger charge is -1.98. The number of nitrogens with zero attached hydrogens (tertiary/aromatic N) is 2. The molecule has 112 valence electrons. The zero-order chi connectivity index (χ0) is 15.2. The highest BCUT2D eigenvalue weighted by atomic mass is 32.2. The minimum atomic E-state index is -3.90. The second-order valence-corrected chi connectivity index (χ2v) is 6.57. The van der Waals surface area contributed by atoms with E-state index in [1.54, 1.807) is 6.92 Å². The summed E-state index contributed by atoms with van der Waals surface area (Å²) in [6.45, 7) is 2.08. The van der Waals surface area contributed by atoms with Gasteiger partial charge in [0.25, 0.3) is 0 Å². The number of halogens is 3. The van der Waals surface area contributed by atoms with Crippen molar-refractivity contribution in [3.63, 3.8) is 0 Å². The molecule has 1 aromatic heterocycles. The summed E-state index contributed by atoms with van der Waals surface area (Å²) in [5.74, 6) is -2.51. The fraction of sp³-hybridized carbons (Fsp3) is 0.400. The SMILES string of the molecule is CCO/N=C/c1csc(S(=O)(=O)CCC(F)=C(F)F)n1. The van der Waals surface area contributed by atoms with Gasteiger partial charge >= 0.3 is 6.08 Å². The standard InChI is InChI=1S/C10H11F3N2O3S2/c1-2-18-14-5-7-6-19-10(15-7)20(16,17)4-3-8(11)9(12)13/h5-6H,2-4H2,1H3/b14-5+. The van der Waals surface area contributed by atoms with Crippen LogP contribution in [0.4, 0.5) is 13.2 Å². The van der Waals surface area contributed by atoms with E-state index in [0.717, 1.165) is 11.3 Å². The van der Waals surface area contributed by atoms with Crippen molar-refractivity contribution in [2.45, 2.75) is 17.7 Å². The molecule has 0 unspecified atom stereocenters. The highest BCUT2D eigenvalue weighted by molar-refractivity contribution is 7.93. The molecular formula is C10H11F3N2O3S2. The summed E-state index contributed by atoms with van der Waals surface area (Å²) in [6, 6.07) is 0. The smallest absolute Gasteiger partial charge is 0.301 e. The summed E-state index contributed by atoms with van der Waals surface area (Å²) in [5.41, 5.74) is 0.259. The van der Waals surface area contributed by atoms with Gasteiger partial charge in [-0.05, 0) is 6.92 Å². The third kappa shape index (κ3) is 4.93. The molecule has 0 aliphatic heterocycles. The molecule has 0 aliphatic carbocycles. The Morgan fingerprint density at radius 3 is 2.80 bits per heavy atom. The van der Waals surface area contributed by atoms with E-state index in [1.807, 2.05) is 0 Å². The van der Waals surface area contributed by atoms with Crippen LogP contribution in [0.1, 0.15) is 19.0 Å². The van der Waals surface area contributed by atoms with Crippen LogP contribution in [-0.4, -0.2) is 32.0 Å². The van der Waals surface area contributed by atoms with Gasteiger partial charge in [-0.3, -0.25) is 0 Å². The van der Waals surface area contributed by atoms with Crippen LogP contribution in [0.25, 0.3) is 0 Å². The number of rotatable bonds is 7. The van der Waals surface area contributed by atoms with Crippen LogP contribution in [0.2, 0.25) is 0 Å². The van der Waals surface area contributed by atoms with Crippen LogP contribution < -0.4 is 0 Å². The minimum Gasteiger partial charge on any atom is -0.396 e. The van der Waals surface area contributed by atoms with E-state index < -0.39 is 33.9 Å². The van der Waals surface area contributed by atoms with E-state index in [1.165, 1.54) is 11.6 Å². The molecule has 0 amide bonds. The Labute approximate surface area is 117 Å². The molecule has 5 nitrogen and oxygen atoms in total. The van der Waals surface area contributed by atoms with Crippen LogP contribution >= 0.6 is 11.3 Å². The Morgan fingerprint density at radius 1 is 1.50 bits per heavy atom. The average Bonchev–Trinajstić information content (AvgIpc) is 2.86.